The molecule has 0 radical (unpaired) electrons. The maximum atomic E-state index is 13.6. The fraction of sp³-hybridized carbons (Fsp3) is 0. The van der Waals surface area contributed by atoms with Crippen molar-refractivity contribution in [2.75, 3.05) is 0 Å². The largest absolute Gasteiger partial charge is 0.360 e. The lowest BCUT2D eigenvalue weighted by molar-refractivity contribution is 0.511. The molecule has 84 valence electrons. The van der Waals surface area contributed by atoms with Crippen LogP contribution in [0.4, 0.5) is 8.78 Å². The molecule has 0 unspecified atom stereocenters. The highest BCUT2D eigenvalue weighted by atomic mass is 19.2. The number of rotatable bonds is 1. The Bertz CT molecular complexity index is 689. The zero-order chi connectivity index (χ0) is 11.8. The molecule has 0 saturated heterocycles. The number of benzene rings is 1. The molecule has 1 N–H and O–H groups in total. The maximum absolute atomic E-state index is 13.6. The zero-order valence-corrected chi connectivity index (χ0v) is 8.74. The summed E-state index contributed by atoms with van der Waals surface area (Å²) in [5, 5.41) is 0. The van der Waals surface area contributed by atoms with Crippen molar-refractivity contribution in [2.45, 2.75) is 0 Å². The van der Waals surface area contributed by atoms with E-state index in [0.29, 0.717) is 5.56 Å². The van der Waals surface area contributed by atoms with Gasteiger partial charge >= 0.3 is 0 Å². The van der Waals surface area contributed by atoms with Crippen LogP contribution in [-0.4, -0.2) is 9.97 Å². The first-order valence-electron chi connectivity index (χ1n) is 5.13. The summed E-state index contributed by atoms with van der Waals surface area (Å²) in [6, 6.07) is 7.68. The van der Waals surface area contributed by atoms with E-state index in [0.717, 1.165) is 17.1 Å². The lowest BCUT2D eigenvalue weighted by Crippen LogP contribution is -1.89. The minimum Gasteiger partial charge on any atom is -0.360 e. The minimum absolute atomic E-state index is 0.217. The van der Waals surface area contributed by atoms with E-state index in [9.17, 15) is 8.78 Å². The molecule has 0 amide bonds. The standard InChI is InChI=1S/C13H8F2N2/c14-10-3-1-2-9(13(10)15)8-6-12-11(17-7-8)4-5-16-12/h1-7,16H. The van der Waals surface area contributed by atoms with Crippen molar-refractivity contribution in [3.8, 4) is 11.1 Å². The SMILES string of the molecule is Fc1cccc(-c2cnc3cc[nH]c3c2)c1F. The number of halogens is 2. The minimum atomic E-state index is -0.853. The van der Waals surface area contributed by atoms with Crippen LogP contribution in [0.25, 0.3) is 22.2 Å². The molecule has 0 saturated carbocycles. The van der Waals surface area contributed by atoms with Gasteiger partial charge in [0, 0.05) is 23.5 Å². The van der Waals surface area contributed by atoms with Crippen LogP contribution in [0, 0.1) is 11.6 Å². The molecule has 2 nitrogen and oxygen atoms in total. The number of nitrogens with zero attached hydrogens (tertiary/aromatic N) is 1. The fourth-order valence-electron chi connectivity index (χ4n) is 1.81. The molecule has 0 spiro atoms. The van der Waals surface area contributed by atoms with Gasteiger partial charge in [0.1, 0.15) is 0 Å². The molecule has 3 aromatic rings. The zero-order valence-electron chi connectivity index (χ0n) is 8.74. The molecule has 0 aliphatic rings. The van der Waals surface area contributed by atoms with E-state index < -0.39 is 11.6 Å². The van der Waals surface area contributed by atoms with E-state index >= 15 is 0 Å². The second kappa shape index (κ2) is 3.66. The fourth-order valence-corrected chi connectivity index (χ4v) is 1.81. The normalized spacial score (nSPS) is 10.9. The number of aromatic nitrogens is 2. The maximum Gasteiger partial charge on any atom is 0.166 e. The van der Waals surface area contributed by atoms with Gasteiger partial charge in [-0.25, -0.2) is 8.78 Å². The summed E-state index contributed by atoms with van der Waals surface area (Å²) in [4.78, 5) is 7.15. The van der Waals surface area contributed by atoms with E-state index in [1.807, 2.05) is 6.07 Å². The van der Waals surface area contributed by atoms with Crippen molar-refractivity contribution in [2.24, 2.45) is 0 Å². The van der Waals surface area contributed by atoms with Crippen molar-refractivity contribution >= 4 is 11.0 Å². The molecule has 0 atom stereocenters. The van der Waals surface area contributed by atoms with Gasteiger partial charge in [0.15, 0.2) is 11.6 Å². The number of hydrogen-bond donors (Lipinski definition) is 1. The van der Waals surface area contributed by atoms with Crippen LogP contribution in [0.2, 0.25) is 0 Å². The lowest BCUT2D eigenvalue weighted by Gasteiger charge is -2.03. The summed E-state index contributed by atoms with van der Waals surface area (Å²) in [5.41, 5.74) is 2.36. The van der Waals surface area contributed by atoms with Crippen LogP contribution in [0.1, 0.15) is 0 Å². The number of nitrogens with one attached hydrogen (secondary N) is 1. The van der Waals surface area contributed by atoms with Crippen molar-refractivity contribution in [3.63, 3.8) is 0 Å². The van der Waals surface area contributed by atoms with Gasteiger partial charge in [-0.3, -0.25) is 4.98 Å². The van der Waals surface area contributed by atoms with Gasteiger partial charge < -0.3 is 4.98 Å². The average molecular weight is 230 g/mol. The predicted molar refractivity (Wildman–Crippen MR) is 61.4 cm³/mol. The summed E-state index contributed by atoms with van der Waals surface area (Å²) in [5.74, 6) is -1.70. The van der Waals surface area contributed by atoms with Crippen molar-refractivity contribution in [3.05, 3.63) is 54.4 Å². The van der Waals surface area contributed by atoms with Crippen LogP contribution in [0.15, 0.2) is 42.7 Å². The second-order valence-corrected chi connectivity index (χ2v) is 3.74. The van der Waals surface area contributed by atoms with E-state index in [-0.39, 0.29) is 5.56 Å². The van der Waals surface area contributed by atoms with Gasteiger partial charge in [0.05, 0.1) is 11.0 Å². The Balaban J connectivity index is 2.23. The first kappa shape index (κ1) is 9.96. The van der Waals surface area contributed by atoms with Crippen molar-refractivity contribution in [1.82, 2.24) is 9.97 Å². The molecule has 0 fully saturated rings. The summed E-state index contributed by atoms with van der Waals surface area (Å²) in [7, 11) is 0. The third kappa shape index (κ3) is 1.58. The monoisotopic (exact) mass is 230 g/mol. The third-order valence-corrected chi connectivity index (χ3v) is 2.66. The van der Waals surface area contributed by atoms with Crippen LogP contribution < -0.4 is 0 Å². The molecule has 0 aliphatic heterocycles. The quantitative estimate of drug-likeness (QED) is 0.680. The summed E-state index contributed by atoms with van der Waals surface area (Å²) >= 11 is 0. The molecule has 4 heteroatoms. The van der Waals surface area contributed by atoms with Gasteiger partial charge in [0.2, 0.25) is 0 Å². The summed E-state index contributed by atoms with van der Waals surface area (Å²) in [6.07, 6.45) is 3.29. The first-order chi connectivity index (χ1) is 8.25. The molecule has 0 aliphatic carbocycles. The summed E-state index contributed by atoms with van der Waals surface area (Å²) in [6.45, 7) is 0. The van der Waals surface area contributed by atoms with Crippen molar-refractivity contribution in [1.29, 1.82) is 0 Å². The van der Waals surface area contributed by atoms with Crippen LogP contribution in [0.5, 0.6) is 0 Å². The van der Waals surface area contributed by atoms with Gasteiger partial charge in [0.25, 0.3) is 0 Å². The first-order valence-corrected chi connectivity index (χ1v) is 5.13. The molecule has 2 aromatic heterocycles. The average Bonchev–Trinajstić information content (AvgIpc) is 2.79. The van der Waals surface area contributed by atoms with Crippen LogP contribution >= 0.6 is 0 Å². The number of H-pyrrole nitrogens is 1. The smallest absolute Gasteiger partial charge is 0.166 e. The van der Waals surface area contributed by atoms with Gasteiger partial charge in [-0.15, -0.1) is 0 Å². The number of fused-ring (bicyclic) bond motifs is 1. The Morgan fingerprint density at radius 1 is 1.12 bits per heavy atom. The van der Waals surface area contributed by atoms with E-state index in [2.05, 4.69) is 9.97 Å². The molecule has 0 bridgehead atoms. The number of hydrogen-bond acceptors (Lipinski definition) is 1. The van der Waals surface area contributed by atoms with Crippen LogP contribution in [0.3, 0.4) is 0 Å². The van der Waals surface area contributed by atoms with Gasteiger partial charge in [-0.05, 0) is 18.2 Å². The molecule has 2 heterocycles. The highest BCUT2D eigenvalue weighted by molar-refractivity contribution is 5.80. The van der Waals surface area contributed by atoms with E-state index in [4.69, 9.17) is 0 Å². The third-order valence-electron chi connectivity index (χ3n) is 2.66. The Morgan fingerprint density at radius 3 is 2.88 bits per heavy atom. The Hall–Kier alpha value is -2.23. The van der Waals surface area contributed by atoms with Gasteiger partial charge in [-0.1, -0.05) is 12.1 Å². The predicted octanol–water partition coefficient (Wildman–Crippen LogP) is 3.51. The molecule has 1 aromatic carbocycles. The van der Waals surface area contributed by atoms with Gasteiger partial charge in [-0.2, -0.15) is 0 Å². The van der Waals surface area contributed by atoms with E-state index in [1.165, 1.54) is 18.3 Å². The van der Waals surface area contributed by atoms with E-state index in [1.54, 1.807) is 12.3 Å². The highest BCUT2D eigenvalue weighted by Gasteiger charge is 2.10. The topological polar surface area (TPSA) is 28.7 Å². The lowest BCUT2D eigenvalue weighted by atomic mass is 10.1. The van der Waals surface area contributed by atoms with Crippen molar-refractivity contribution < 1.29 is 8.78 Å². The molecular weight excluding hydrogens is 222 g/mol. The summed E-state index contributed by atoms with van der Waals surface area (Å²) < 4.78 is 26.7. The second-order valence-electron chi connectivity index (χ2n) is 3.74. The Labute approximate surface area is 95.9 Å². The Kier molecular flexibility index (Phi) is 2.14. The molecule has 3 rings (SSSR count). The molecular formula is C13H8F2N2. The Morgan fingerprint density at radius 2 is 2.00 bits per heavy atom. The van der Waals surface area contributed by atoms with Crippen LogP contribution in [-0.2, 0) is 0 Å². The molecule has 17 heavy (non-hydrogen) atoms. The number of pyridine rings is 1. The number of aromatic amines is 1. The highest BCUT2D eigenvalue weighted by Crippen LogP contribution is 2.25.